The third kappa shape index (κ3) is 4.08. The molecule has 12 heteroatoms. The van der Waals surface area contributed by atoms with E-state index >= 15 is 0 Å². The predicted molar refractivity (Wildman–Crippen MR) is 167 cm³/mol. The van der Waals surface area contributed by atoms with Gasteiger partial charge in [0.1, 0.15) is 0 Å². The molecule has 0 fully saturated rings. The van der Waals surface area contributed by atoms with Crippen LogP contribution in [-0.4, -0.2) is 45.8 Å². The molecule has 10 nitrogen and oxygen atoms in total. The Morgan fingerprint density at radius 1 is 0.533 bits per heavy atom. The average molecular weight is 696 g/mol. The molecule has 2 aliphatic heterocycles. The van der Waals surface area contributed by atoms with E-state index in [4.69, 9.17) is 43.2 Å². The van der Waals surface area contributed by atoms with Crippen LogP contribution in [0.4, 0.5) is 0 Å². The monoisotopic (exact) mass is 695 g/mol. The molecule has 9 rings (SSSR count). The van der Waals surface area contributed by atoms with Gasteiger partial charge in [0, 0.05) is 5.39 Å². The molecule has 0 saturated heterocycles. The number of nitrogens with one attached hydrogen (secondary N) is 2. The molecule has 45 heavy (non-hydrogen) atoms. The van der Waals surface area contributed by atoms with Crippen LogP contribution in [0.5, 0.6) is 0 Å². The number of nitrogens with zero attached hydrogens (tertiary/aromatic N) is 6. The Hall–Kier alpha value is -5.38. The topological polar surface area (TPSA) is 135 Å². The minimum absolute atomic E-state index is 0.313. The summed E-state index contributed by atoms with van der Waals surface area (Å²) in [4.78, 5) is 49.6. The van der Waals surface area contributed by atoms with Gasteiger partial charge in [0.25, 0.3) is 0 Å². The van der Waals surface area contributed by atoms with Gasteiger partial charge in [-0.15, -0.1) is 0 Å². The predicted octanol–water partition coefficient (Wildman–Crippen LogP) is 7.18. The second-order valence-corrected chi connectivity index (χ2v) is 11.6. The molecule has 0 atom stereocenters. The van der Waals surface area contributed by atoms with Crippen LogP contribution < -0.4 is 0 Å². The van der Waals surface area contributed by atoms with Gasteiger partial charge < -0.3 is 0 Å². The molecule has 0 aliphatic carbocycles. The molecule has 2 aliphatic rings. The van der Waals surface area contributed by atoms with Crippen molar-refractivity contribution in [2.75, 3.05) is 0 Å². The van der Waals surface area contributed by atoms with E-state index in [-0.39, 0.29) is 0 Å². The van der Waals surface area contributed by atoms with E-state index in [1.807, 2.05) is 78.9 Å². The molecular weight excluding hydrogens is 679 g/mol. The summed E-state index contributed by atoms with van der Waals surface area (Å²) >= 11 is -0.908. The second-order valence-electron chi connectivity index (χ2n) is 10.4. The molecule has 0 unspecified atom stereocenters. The maximum absolute atomic E-state index is 13.1. The Balaban J connectivity index is 1.49. The first-order chi connectivity index (χ1) is 22.2. The third-order valence-corrected chi connectivity index (χ3v) is 8.62. The number of rotatable bonds is 2. The van der Waals surface area contributed by atoms with Gasteiger partial charge in [0.2, 0.25) is 0 Å². The summed E-state index contributed by atoms with van der Waals surface area (Å²) in [6.07, 6.45) is 0. The Labute approximate surface area is 265 Å². The maximum atomic E-state index is 13.1. The number of aromatic nitrogens is 8. The Bertz CT molecular complexity index is 2560. The van der Waals surface area contributed by atoms with Crippen LogP contribution in [0.25, 0.3) is 89.7 Å². The van der Waals surface area contributed by atoms with E-state index in [2.05, 4.69) is 9.97 Å². The zero-order valence-electron chi connectivity index (χ0n) is 22.9. The molecule has 0 saturated carbocycles. The van der Waals surface area contributed by atoms with Crippen molar-refractivity contribution in [1.82, 2.24) is 39.9 Å². The van der Waals surface area contributed by atoms with Crippen molar-refractivity contribution in [1.29, 1.82) is 0 Å². The second kappa shape index (κ2) is 10.1. The van der Waals surface area contributed by atoms with E-state index in [9.17, 15) is 4.79 Å². The number of halogens is 1. The zero-order chi connectivity index (χ0) is 30.1. The van der Waals surface area contributed by atoms with Gasteiger partial charge in [-0.3, -0.25) is 0 Å². The summed E-state index contributed by atoms with van der Waals surface area (Å²) in [5.41, 5.74) is 5.75. The summed E-state index contributed by atoms with van der Waals surface area (Å²) in [7, 11) is 5.84. The molecule has 0 amide bonds. The van der Waals surface area contributed by atoms with Gasteiger partial charge in [-0.1, -0.05) is 24.3 Å². The van der Waals surface area contributed by atoms with Crippen molar-refractivity contribution in [2.24, 2.45) is 0 Å². The molecule has 0 radical (unpaired) electrons. The van der Waals surface area contributed by atoms with Crippen LogP contribution in [0.15, 0.2) is 91.0 Å². The molecule has 5 heterocycles. The van der Waals surface area contributed by atoms with Gasteiger partial charge in [-0.2, -0.15) is 0 Å². The molecule has 0 spiro atoms. The molecule has 217 valence electrons. The number of benzene rings is 4. The van der Waals surface area contributed by atoms with Crippen molar-refractivity contribution in [3.63, 3.8) is 0 Å². The summed E-state index contributed by atoms with van der Waals surface area (Å²) in [5.74, 6) is 1.39. The molecule has 8 bridgehead atoms. The fourth-order valence-electron chi connectivity index (χ4n) is 5.92. The van der Waals surface area contributed by atoms with Crippen LogP contribution in [0.3, 0.4) is 0 Å². The van der Waals surface area contributed by atoms with Crippen molar-refractivity contribution in [3.8, 4) is 45.6 Å². The standard InChI is InChI=1S/C33H18N8O2.ClH.Rh/c42-33(43)23-15-7-14-22-24(23)32-40-30-21-13-6-5-12-20(21)28(38-30)36-26-17-9-2-1-8-16(17)25(34-26)35-27-18-10-3-4-11-19(18)29(37-27)39-31(22)41-32;;/h1-15H,(H,42,43)(H2,34,35,36,37,38,39,40,41);1H;/q;;+2/p-2. The van der Waals surface area contributed by atoms with Crippen molar-refractivity contribution >= 4 is 59.8 Å². The molecule has 2 N–H and O–H groups in total. The number of hydrogen-bond acceptors (Lipinski definition) is 8. The first-order valence-electron chi connectivity index (χ1n) is 13.8. The number of carbonyl (C=O) groups excluding carboxylic acids is 1. The minimum atomic E-state index is -0.908. The number of aromatic amines is 2. The molecule has 7 aromatic rings. The normalized spacial score (nSPS) is 11.9. The summed E-state index contributed by atoms with van der Waals surface area (Å²) in [6.45, 7) is 0. The summed E-state index contributed by atoms with van der Waals surface area (Å²) < 4.78 is 5.26. The first kappa shape index (κ1) is 26.1. The molecule has 3 aromatic heterocycles. The Kier molecular flexibility index (Phi) is 5.84. The average Bonchev–Trinajstić information content (AvgIpc) is 3.80. The van der Waals surface area contributed by atoms with E-state index in [1.54, 1.807) is 12.1 Å². The van der Waals surface area contributed by atoms with Crippen LogP contribution >= 0.6 is 9.69 Å². The SMILES string of the molecule is O=C([O][Rh][Cl])c1cccc2c3nc4nc(nc5[nH]c(nc6nc(nc([nH]3)c12)-c1ccccc1-6)c1ccccc51)-c1ccccc1-4. The molecule has 4 aromatic carbocycles. The zero-order valence-corrected chi connectivity index (χ0v) is 25.3. The van der Waals surface area contributed by atoms with E-state index in [1.165, 1.54) is 0 Å². The van der Waals surface area contributed by atoms with Crippen molar-refractivity contribution in [3.05, 3.63) is 96.6 Å². The Morgan fingerprint density at radius 2 is 0.956 bits per heavy atom. The van der Waals surface area contributed by atoms with Crippen molar-refractivity contribution in [2.45, 2.75) is 0 Å². The quantitative estimate of drug-likeness (QED) is 0.182. The van der Waals surface area contributed by atoms with Gasteiger partial charge in [-0.05, 0) is 0 Å². The fourth-order valence-corrected chi connectivity index (χ4v) is 6.49. The van der Waals surface area contributed by atoms with Gasteiger partial charge in [0.05, 0.1) is 0 Å². The number of fused-ring (bicyclic) bond motifs is 20. The summed E-state index contributed by atoms with van der Waals surface area (Å²) in [6, 6.07) is 28.9. The summed E-state index contributed by atoms with van der Waals surface area (Å²) in [5, 5.41) is 3.01. The van der Waals surface area contributed by atoms with Crippen LogP contribution in [0.2, 0.25) is 0 Å². The fraction of sp³-hybridized carbons (Fsp3) is 0. The third-order valence-electron chi connectivity index (χ3n) is 7.89. The van der Waals surface area contributed by atoms with Gasteiger partial charge in [0.15, 0.2) is 0 Å². The number of hydrogen-bond donors (Lipinski definition) is 2. The number of carbonyl (C=O) groups is 1. The van der Waals surface area contributed by atoms with Crippen LogP contribution in [-0.2, 0) is 20.1 Å². The van der Waals surface area contributed by atoms with Crippen LogP contribution in [0, 0.1) is 0 Å². The van der Waals surface area contributed by atoms with Gasteiger partial charge in [-0.25, -0.2) is 0 Å². The van der Waals surface area contributed by atoms with E-state index in [0.29, 0.717) is 62.2 Å². The molecular formula is C33H17ClN8O2Rh. The van der Waals surface area contributed by atoms with E-state index < -0.39 is 22.5 Å². The first-order valence-corrected chi connectivity index (χ1v) is 16.6. The number of H-pyrrole nitrogens is 2. The van der Waals surface area contributed by atoms with E-state index in [0.717, 1.165) is 33.0 Å². The van der Waals surface area contributed by atoms with Crippen LogP contribution in [0.1, 0.15) is 10.4 Å². The van der Waals surface area contributed by atoms with Crippen molar-refractivity contribution < 1.29 is 24.9 Å². The van der Waals surface area contributed by atoms with Gasteiger partial charge >= 0.3 is 237 Å². The Morgan fingerprint density at radius 3 is 1.47 bits per heavy atom.